The lowest BCUT2D eigenvalue weighted by atomic mass is 10.2. The zero-order valence-corrected chi connectivity index (χ0v) is 9.87. The lowest BCUT2D eigenvalue weighted by Gasteiger charge is -2.07. The van der Waals surface area contributed by atoms with Gasteiger partial charge < -0.3 is 9.64 Å². The molecule has 3 heteroatoms. The third-order valence-electron chi connectivity index (χ3n) is 1.88. The molecule has 0 fully saturated rings. The maximum Gasteiger partial charge on any atom is 0.0999 e. The van der Waals surface area contributed by atoms with Gasteiger partial charge in [-0.15, -0.1) is 0 Å². The van der Waals surface area contributed by atoms with E-state index in [0.29, 0.717) is 6.61 Å². The van der Waals surface area contributed by atoms with Crippen LogP contribution < -0.4 is 0 Å². The molecule has 82 valence electrons. The minimum atomic E-state index is 0.705. The number of benzene rings is 1. The van der Waals surface area contributed by atoms with Crippen molar-refractivity contribution in [2.45, 2.75) is 0 Å². The molecule has 0 aliphatic heterocycles. The quantitative estimate of drug-likeness (QED) is 0.565. The van der Waals surface area contributed by atoms with Crippen LogP contribution in [-0.4, -0.2) is 32.1 Å². The molecule has 0 atom stereocenters. The molecule has 1 aromatic rings. The van der Waals surface area contributed by atoms with Gasteiger partial charge in [-0.05, 0) is 37.9 Å². The largest absolute Gasteiger partial charge is 0.500 e. The molecule has 0 radical (unpaired) electrons. The fraction of sp³-hybridized carbons (Fsp3) is 0.333. The van der Waals surface area contributed by atoms with Crippen LogP contribution >= 0.6 is 11.6 Å². The lowest BCUT2D eigenvalue weighted by molar-refractivity contribution is 0.214. The third kappa shape index (κ3) is 5.45. The second kappa shape index (κ2) is 6.49. The van der Waals surface area contributed by atoms with E-state index in [2.05, 4.69) is 4.90 Å². The highest BCUT2D eigenvalue weighted by Crippen LogP contribution is 2.10. The zero-order chi connectivity index (χ0) is 11.1. The molecular formula is C12H16ClNO. The molecular weight excluding hydrogens is 210 g/mol. The predicted molar refractivity (Wildman–Crippen MR) is 65.0 cm³/mol. The Kier molecular flexibility index (Phi) is 5.22. The maximum atomic E-state index is 5.77. The van der Waals surface area contributed by atoms with Crippen LogP contribution in [0.1, 0.15) is 5.56 Å². The van der Waals surface area contributed by atoms with Crippen LogP contribution in [0.3, 0.4) is 0 Å². The molecule has 1 aromatic carbocycles. The van der Waals surface area contributed by atoms with Gasteiger partial charge in [0.2, 0.25) is 0 Å². The summed E-state index contributed by atoms with van der Waals surface area (Å²) >= 11 is 5.77. The number of likely N-dealkylation sites (N-methyl/N-ethyl adjacent to an activating group) is 1. The van der Waals surface area contributed by atoms with Crippen molar-refractivity contribution in [2.24, 2.45) is 0 Å². The molecule has 2 nitrogen and oxygen atoms in total. The van der Waals surface area contributed by atoms with E-state index in [4.69, 9.17) is 16.3 Å². The number of rotatable bonds is 5. The average molecular weight is 226 g/mol. The summed E-state index contributed by atoms with van der Waals surface area (Å²) < 4.78 is 5.32. The summed E-state index contributed by atoms with van der Waals surface area (Å²) in [6.07, 6.45) is 3.64. The summed E-state index contributed by atoms with van der Waals surface area (Å²) in [6.45, 7) is 1.63. The van der Waals surface area contributed by atoms with Gasteiger partial charge in [-0.2, -0.15) is 0 Å². The highest BCUT2D eigenvalue weighted by molar-refractivity contribution is 6.30. The molecule has 0 bridgehead atoms. The maximum absolute atomic E-state index is 5.77. The minimum absolute atomic E-state index is 0.705. The molecule has 0 unspecified atom stereocenters. The van der Waals surface area contributed by atoms with Crippen molar-refractivity contribution in [1.29, 1.82) is 0 Å². The van der Waals surface area contributed by atoms with E-state index in [0.717, 1.165) is 17.1 Å². The summed E-state index contributed by atoms with van der Waals surface area (Å²) in [5, 5.41) is 0.751. The Morgan fingerprint density at radius 3 is 2.53 bits per heavy atom. The van der Waals surface area contributed by atoms with E-state index in [1.54, 1.807) is 6.26 Å². The zero-order valence-electron chi connectivity index (χ0n) is 9.11. The van der Waals surface area contributed by atoms with Crippen molar-refractivity contribution in [2.75, 3.05) is 27.2 Å². The first-order valence-corrected chi connectivity index (χ1v) is 5.25. The van der Waals surface area contributed by atoms with Crippen LogP contribution in [0, 0.1) is 0 Å². The van der Waals surface area contributed by atoms with Gasteiger partial charge in [0.15, 0.2) is 0 Å². The van der Waals surface area contributed by atoms with E-state index in [1.165, 1.54) is 0 Å². The second-order valence-corrected chi connectivity index (χ2v) is 3.96. The molecule has 15 heavy (non-hydrogen) atoms. The van der Waals surface area contributed by atoms with Crippen LogP contribution in [0.15, 0.2) is 30.5 Å². The standard InChI is InChI=1S/C12H16ClNO/c1-14(2)8-10-15-9-7-11-3-5-12(13)6-4-11/h3-7,9H,8,10H2,1-2H3/b9-7-. The Balaban J connectivity index is 2.29. The first-order valence-electron chi connectivity index (χ1n) is 4.87. The van der Waals surface area contributed by atoms with Gasteiger partial charge >= 0.3 is 0 Å². The fourth-order valence-corrected chi connectivity index (χ4v) is 1.13. The van der Waals surface area contributed by atoms with Crippen LogP contribution in [0.4, 0.5) is 0 Å². The van der Waals surface area contributed by atoms with Crippen molar-refractivity contribution < 1.29 is 4.74 Å². The molecule has 0 saturated carbocycles. The van der Waals surface area contributed by atoms with Crippen molar-refractivity contribution in [3.8, 4) is 0 Å². The molecule has 0 aromatic heterocycles. The number of hydrogen-bond acceptors (Lipinski definition) is 2. The van der Waals surface area contributed by atoms with Gasteiger partial charge in [0.05, 0.1) is 12.9 Å². The Bertz CT molecular complexity index is 306. The Morgan fingerprint density at radius 2 is 1.93 bits per heavy atom. The summed E-state index contributed by atoms with van der Waals surface area (Å²) in [6, 6.07) is 7.63. The normalized spacial score (nSPS) is 11.2. The van der Waals surface area contributed by atoms with Gasteiger partial charge in [-0.3, -0.25) is 0 Å². The van der Waals surface area contributed by atoms with E-state index in [-0.39, 0.29) is 0 Å². The Labute approximate surface area is 96.1 Å². The van der Waals surface area contributed by atoms with E-state index < -0.39 is 0 Å². The molecule has 1 rings (SSSR count). The molecule has 0 aliphatic rings. The first-order chi connectivity index (χ1) is 7.18. The third-order valence-corrected chi connectivity index (χ3v) is 2.14. The van der Waals surface area contributed by atoms with Gasteiger partial charge in [0.25, 0.3) is 0 Å². The van der Waals surface area contributed by atoms with Gasteiger partial charge in [-0.25, -0.2) is 0 Å². The summed E-state index contributed by atoms with van der Waals surface area (Å²) in [7, 11) is 4.04. The predicted octanol–water partition coefficient (Wildman–Crippen LogP) is 2.89. The summed E-state index contributed by atoms with van der Waals surface area (Å²) in [5.41, 5.74) is 1.09. The van der Waals surface area contributed by atoms with Gasteiger partial charge in [-0.1, -0.05) is 23.7 Å². The molecule has 0 N–H and O–H groups in total. The second-order valence-electron chi connectivity index (χ2n) is 3.53. The molecule has 0 aliphatic carbocycles. The average Bonchev–Trinajstić information content (AvgIpc) is 2.20. The first kappa shape index (κ1) is 12.1. The number of ether oxygens (including phenoxy) is 1. The molecule has 0 spiro atoms. The SMILES string of the molecule is CN(C)CCO/C=C\c1ccc(Cl)cc1. The highest BCUT2D eigenvalue weighted by Gasteiger charge is 1.89. The highest BCUT2D eigenvalue weighted by atomic mass is 35.5. The molecule has 0 saturated heterocycles. The smallest absolute Gasteiger partial charge is 0.0999 e. The summed E-state index contributed by atoms with van der Waals surface area (Å²) in [4.78, 5) is 2.08. The van der Waals surface area contributed by atoms with Crippen LogP contribution in [0.25, 0.3) is 6.08 Å². The van der Waals surface area contributed by atoms with Crippen molar-refractivity contribution >= 4 is 17.7 Å². The number of halogens is 1. The van der Waals surface area contributed by atoms with Crippen molar-refractivity contribution in [1.82, 2.24) is 4.90 Å². The number of nitrogens with zero attached hydrogens (tertiary/aromatic N) is 1. The van der Waals surface area contributed by atoms with Gasteiger partial charge in [0.1, 0.15) is 0 Å². The number of hydrogen-bond donors (Lipinski definition) is 0. The van der Waals surface area contributed by atoms with Crippen molar-refractivity contribution in [3.63, 3.8) is 0 Å². The molecule has 0 amide bonds. The van der Waals surface area contributed by atoms with E-state index in [1.807, 2.05) is 44.4 Å². The molecule has 0 heterocycles. The van der Waals surface area contributed by atoms with Gasteiger partial charge in [0, 0.05) is 11.6 Å². The van der Waals surface area contributed by atoms with Crippen LogP contribution in [-0.2, 0) is 4.74 Å². The fourth-order valence-electron chi connectivity index (χ4n) is 1.00. The van der Waals surface area contributed by atoms with E-state index >= 15 is 0 Å². The van der Waals surface area contributed by atoms with E-state index in [9.17, 15) is 0 Å². The Hall–Kier alpha value is -0.990. The monoisotopic (exact) mass is 225 g/mol. The van der Waals surface area contributed by atoms with Crippen LogP contribution in [0.5, 0.6) is 0 Å². The van der Waals surface area contributed by atoms with Crippen LogP contribution in [0.2, 0.25) is 5.02 Å². The lowest BCUT2D eigenvalue weighted by Crippen LogP contribution is -2.16. The summed E-state index contributed by atoms with van der Waals surface area (Å²) in [5.74, 6) is 0. The Morgan fingerprint density at radius 1 is 1.27 bits per heavy atom. The van der Waals surface area contributed by atoms with Crippen molar-refractivity contribution in [3.05, 3.63) is 41.1 Å². The topological polar surface area (TPSA) is 12.5 Å². The minimum Gasteiger partial charge on any atom is -0.500 e.